The molecule has 0 unspecified atom stereocenters. The van der Waals surface area contributed by atoms with E-state index in [0.29, 0.717) is 12.0 Å². The highest BCUT2D eigenvalue weighted by Crippen LogP contribution is 2.45. The van der Waals surface area contributed by atoms with Gasteiger partial charge in [-0.1, -0.05) is 13.8 Å². The lowest BCUT2D eigenvalue weighted by atomic mass is 9.65. The first kappa shape index (κ1) is 12.2. The molecule has 4 nitrogen and oxygen atoms in total. The Labute approximate surface area is 89.2 Å². The first-order valence-corrected chi connectivity index (χ1v) is 5.01. The minimum atomic E-state index is -1.24. The van der Waals surface area contributed by atoms with Crippen molar-refractivity contribution in [1.29, 1.82) is 0 Å². The third-order valence-electron chi connectivity index (χ3n) is 2.96. The van der Waals surface area contributed by atoms with Gasteiger partial charge in [-0.2, -0.15) is 0 Å². The van der Waals surface area contributed by atoms with Crippen LogP contribution in [0.2, 0.25) is 0 Å². The van der Waals surface area contributed by atoms with Crippen molar-refractivity contribution in [3.8, 4) is 0 Å². The molecule has 4 heteroatoms. The van der Waals surface area contributed by atoms with E-state index in [1.807, 2.05) is 13.8 Å². The first-order valence-electron chi connectivity index (χ1n) is 5.01. The van der Waals surface area contributed by atoms with Gasteiger partial charge in [-0.05, 0) is 24.3 Å². The Morgan fingerprint density at radius 3 is 2.33 bits per heavy atom. The Bertz CT molecular complexity index is 282. The monoisotopic (exact) mass is 214 g/mol. The molecule has 3 N–H and O–H groups in total. The summed E-state index contributed by atoms with van der Waals surface area (Å²) in [6.45, 7) is 5.21. The summed E-state index contributed by atoms with van der Waals surface area (Å²) >= 11 is 0. The first-order chi connectivity index (χ1) is 6.65. The summed E-state index contributed by atoms with van der Waals surface area (Å²) in [7, 11) is 0. The van der Waals surface area contributed by atoms with Gasteiger partial charge < -0.3 is 15.3 Å². The lowest BCUT2D eigenvalue weighted by molar-refractivity contribution is -0.132. The lowest BCUT2D eigenvalue weighted by Gasteiger charge is -2.44. The van der Waals surface area contributed by atoms with Gasteiger partial charge in [-0.25, -0.2) is 4.79 Å². The molecule has 1 aliphatic carbocycles. The number of carboxylic acids is 1. The molecule has 0 bridgehead atoms. The molecule has 0 heterocycles. The van der Waals surface area contributed by atoms with Crippen molar-refractivity contribution in [2.75, 3.05) is 0 Å². The van der Waals surface area contributed by atoms with Crippen molar-refractivity contribution < 1.29 is 20.1 Å². The second kappa shape index (κ2) is 3.61. The summed E-state index contributed by atoms with van der Waals surface area (Å²) in [5.41, 5.74) is -1.24. The van der Waals surface area contributed by atoms with Gasteiger partial charge in [0.1, 0.15) is 0 Å². The molecular weight excluding hydrogens is 196 g/mol. The van der Waals surface area contributed by atoms with E-state index in [1.54, 1.807) is 6.92 Å². The lowest BCUT2D eigenvalue weighted by Crippen LogP contribution is -2.45. The Morgan fingerprint density at radius 1 is 1.40 bits per heavy atom. The van der Waals surface area contributed by atoms with E-state index in [-0.39, 0.29) is 6.42 Å². The normalized spacial score (nSPS) is 37.9. The maximum absolute atomic E-state index is 10.7. The summed E-state index contributed by atoms with van der Waals surface area (Å²) < 4.78 is 0. The number of hydrogen-bond acceptors (Lipinski definition) is 3. The molecule has 2 atom stereocenters. The second-order valence-corrected chi connectivity index (χ2v) is 5.12. The van der Waals surface area contributed by atoms with Crippen LogP contribution >= 0.6 is 0 Å². The van der Waals surface area contributed by atoms with Crippen LogP contribution < -0.4 is 0 Å². The Kier molecular flexibility index (Phi) is 2.94. The minimum Gasteiger partial charge on any atom is -0.478 e. The van der Waals surface area contributed by atoms with Gasteiger partial charge in [0.15, 0.2) is 0 Å². The molecule has 0 radical (unpaired) electrons. The van der Waals surface area contributed by atoms with Gasteiger partial charge in [0.2, 0.25) is 0 Å². The van der Waals surface area contributed by atoms with Crippen molar-refractivity contribution >= 4 is 5.97 Å². The largest absolute Gasteiger partial charge is 0.478 e. The summed E-state index contributed by atoms with van der Waals surface area (Å²) in [6.07, 6.45) is 1.14. The van der Waals surface area contributed by atoms with Crippen LogP contribution in [0, 0.1) is 5.41 Å². The van der Waals surface area contributed by atoms with Crippen LogP contribution in [0.5, 0.6) is 0 Å². The Hall–Kier alpha value is -0.870. The van der Waals surface area contributed by atoms with Crippen LogP contribution in [0.1, 0.15) is 33.6 Å². The smallest absolute Gasteiger partial charge is 0.328 e. The van der Waals surface area contributed by atoms with Gasteiger partial charge in [0.25, 0.3) is 0 Å². The van der Waals surface area contributed by atoms with Crippen LogP contribution in [-0.2, 0) is 4.79 Å². The fraction of sp³-hybridized carbons (Fsp3) is 0.727. The van der Waals surface area contributed by atoms with Crippen LogP contribution in [0.3, 0.4) is 0 Å². The summed E-state index contributed by atoms with van der Waals surface area (Å²) in [5.74, 6) is -1.06. The third-order valence-corrected chi connectivity index (χ3v) is 2.96. The van der Waals surface area contributed by atoms with Gasteiger partial charge in [-0.3, -0.25) is 0 Å². The molecule has 1 fully saturated rings. The molecule has 1 aliphatic rings. The van der Waals surface area contributed by atoms with E-state index >= 15 is 0 Å². The third kappa shape index (κ3) is 2.58. The maximum Gasteiger partial charge on any atom is 0.328 e. The fourth-order valence-corrected chi connectivity index (χ4v) is 2.54. The predicted octanol–water partition coefficient (Wildman–Crippen LogP) is 0.929. The molecule has 1 saturated carbocycles. The van der Waals surface area contributed by atoms with Crippen LogP contribution in [0.15, 0.2) is 11.6 Å². The second-order valence-electron chi connectivity index (χ2n) is 5.12. The molecule has 0 aromatic rings. The van der Waals surface area contributed by atoms with Gasteiger partial charge in [-0.15, -0.1) is 0 Å². The van der Waals surface area contributed by atoms with Crippen LogP contribution in [0.4, 0.5) is 0 Å². The highest BCUT2D eigenvalue weighted by atomic mass is 16.4. The number of rotatable bonds is 1. The van der Waals surface area contributed by atoms with Crippen LogP contribution in [0.25, 0.3) is 0 Å². The van der Waals surface area contributed by atoms with E-state index < -0.39 is 23.1 Å². The zero-order valence-electron chi connectivity index (χ0n) is 9.32. The summed E-state index contributed by atoms with van der Waals surface area (Å²) in [5, 5.41) is 28.4. The number of aliphatic hydroxyl groups excluding tert-OH is 1. The molecule has 0 amide bonds. The molecular formula is C11H18O4. The predicted molar refractivity (Wildman–Crippen MR) is 55.4 cm³/mol. The molecule has 15 heavy (non-hydrogen) atoms. The van der Waals surface area contributed by atoms with E-state index in [9.17, 15) is 15.0 Å². The van der Waals surface area contributed by atoms with E-state index in [0.717, 1.165) is 6.08 Å². The topological polar surface area (TPSA) is 77.8 Å². The molecule has 0 aromatic carbocycles. The molecule has 0 spiro atoms. The number of aliphatic hydroxyl groups is 2. The van der Waals surface area contributed by atoms with Gasteiger partial charge in [0.05, 0.1) is 11.7 Å². The standard InChI is InChI=1S/C11H18O4/c1-10(2)5-7(12)6-11(3,15)8(10)4-9(13)14/h4,7,12,15H,5-6H2,1-3H3,(H,13,14)/b8-4-/t7-,11+/m1/s1. The summed E-state index contributed by atoms with van der Waals surface area (Å²) in [6, 6.07) is 0. The zero-order chi connectivity index (χ0) is 11.9. The maximum atomic E-state index is 10.7. The average molecular weight is 214 g/mol. The van der Waals surface area contributed by atoms with E-state index in [2.05, 4.69) is 0 Å². The highest BCUT2D eigenvalue weighted by molar-refractivity contribution is 5.81. The average Bonchev–Trinajstić information content (AvgIpc) is 1.94. The number of carbonyl (C=O) groups is 1. The number of aliphatic carboxylic acids is 1. The fourth-order valence-electron chi connectivity index (χ4n) is 2.54. The summed E-state index contributed by atoms with van der Waals surface area (Å²) in [4.78, 5) is 10.7. The van der Waals surface area contributed by atoms with Crippen molar-refractivity contribution in [3.63, 3.8) is 0 Å². The van der Waals surface area contributed by atoms with Crippen molar-refractivity contribution in [2.24, 2.45) is 5.41 Å². The van der Waals surface area contributed by atoms with Crippen LogP contribution in [-0.4, -0.2) is 33.0 Å². The van der Waals surface area contributed by atoms with E-state index in [1.165, 1.54) is 0 Å². The highest BCUT2D eigenvalue weighted by Gasteiger charge is 2.44. The van der Waals surface area contributed by atoms with Gasteiger partial charge in [0, 0.05) is 12.5 Å². The number of carboxylic acid groups (broad SMARTS) is 1. The number of hydrogen-bond donors (Lipinski definition) is 3. The van der Waals surface area contributed by atoms with Crippen molar-refractivity contribution in [2.45, 2.75) is 45.3 Å². The molecule has 1 rings (SSSR count). The zero-order valence-corrected chi connectivity index (χ0v) is 9.32. The molecule has 0 aromatic heterocycles. The Morgan fingerprint density at radius 2 is 1.93 bits per heavy atom. The minimum absolute atomic E-state index is 0.190. The molecule has 0 saturated heterocycles. The van der Waals surface area contributed by atoms with E-state index in [4.69, 9.17) is 5.11 Å². The quantitative estimate of drug-likeness (QED) is 0.567. The molecule has 0 aliphatic heterocycles. The van der Waals surface area contributed by atoms with Crippen molar-refractivity contribution in [1.82, 2.24) is 0 Å². The van der Waals surface area contributed by atoms with Crippen molar-refractivity contribution in [3.05, 3.63) is 11.6 Å². The Balaban J connectivity index is 3.14. The molecule has 86 valence electrons. The SMILES string of the molecule is CC1(C)C[C@@H](O)C[C@](C)(O)/C1=C\C(=O)O. The van der Waals surface area contributed by atoms with Gasteiger partial charge >= 0.3 is 5.97 Å².